The van der Waals surface area contributed by atoms with Gasteiger partial charge in [0, 0.05) is 9.80 Å². The van der Waals surface area contributed by atoms with Gasteiger partial charge < -0.3 is 0 Å². The Morgan fingerprint density at radius 1 is 1.27 bits per heavy atom. The van der Waals surface area contributed by atoms with Gasteiger partial charge in [0.15, 0.2) is 0 Å². The Labute approximate surface area is 104 Å². The molecule has 0 unspecified atom stereocenters. The molecule has 1 aromatic rings. The first-order valence-electron chi connectivity index (χ1n) is 4.24. The van der Waals surface area contributed by atoms with Gasteiger partial charge in [-0.05, 0) is 24.3 Å². The fraction of sp³-hybridized carbons (Fsp3) is 0. The van der Waals surface area contributed by atoms with E-state index >= 15 is 0 Å². The quantitative estimate of drug-likeness (QED) is 0.518. The lowest BCUT2D eigenvalue weighted by Crippen LogP contribution is -1.74. The van der Waals surface area contributed by atoms with Gasteiger partial charge in [-0.1, -0.05) is 60.3 Å². The number of thioether (sulfide) groups is 1. The van der Waals surface area contributed by atoms with Crippen LogP contribution in [-0.2, 0) is 0 Å². The second-order valence-corrected chi connectivity index (χ2v) is 4.75. The molecule has 0 N–H and O–H groups in total. The largest absolute Gasteiger partial charge is 0.0991 e. The van der Waals surface area contributed by atoms with Crippen LogP contribution >= 0.6 is 35.0 Å². The number of benzene rings is 1. The minimum absolute atomic E-state index is 0.558. The molecule has 0 bridgehead atoms. The van der Waals surface area contributed by atoms with Crippen LogP contribution in [0.15, 0.2) is 59.4 Å². The van der Waals surface area contributed by atoms with E-state index in [0.717, 1.165) is 9.80 Å². The molecular weight excluding hydrogens is 247 g/mol. The van der Waals surface area contributed by atoms with Crippen LogP contribution in [0.4, 0.5) is 0 Å². The van der Waals surface area contributed by atoms with Crippen molar-refractivity contribution in [3.05, 3.63) is 64.5 Å². The SMILES string of the molecule is C=C/C=C\C(=C)Sc1ccc(Cl)c(Cl)c1. The molecule has 0 aliphatic rings. The highest BCUT2D eigenvalue weighted by Crippen LogP contribution is 2.31. The molecule has 0 amide bonds. The summed E-state index contributed by atoms with van der Waals surface area (Å²) in [6.07, 6.45) is 5.44. The first kappa shape index (κ1) is 12.4. The Morgan fingerprint density at radius 2 is 2.00 bits per heavy atom. The molecule has 0 radical (unpaired) electrons. The summed E-state index contributed by atoms with van der Waals surface area (Å²) in [5, 5.41) is 1.12. The monoisotopic (exact) mass is 256 g/mol. The highest BCUT2D eigenvalue weighted by molar-refractivity contribution is 8.03. The average Bonchev–Trinajstić information content (AvgIpc) is 2.20. The maximum absolute atomic E-state index is 5.89. The Hall–Kier alpha value is -0.630. The fourth-order valence-corrected chi connectivity index (χ4v) is 2.03. The van der Waals surface area contributed by atoms with Gasteiger partial charge >= 0.3 is 0 Å². The van der Waals surface area contributed by atoms with E-state index in [-0.39, 0.29) is 0 Å². The molecule has 0 nitrogen and oxygen atoms in total. The van der Waals surface area contributed by atoms with Gasteiger partial charge in [0.25, 0.3) is 0 Å². The Balaban J connectivity index is 2.73. The molecule has 1 rings (SSSR count). The normalized spacial score (nSPS) is 10.5. The van der Waals surface area contributed by atoms with Crippen LogP contribution in [0.25, 0.3) is 0 Å². The lowest BCUT2D eigenvalue weighted by Gasteiger charge is -2.02. The van der Waals surface area contributed by atoms with E-state index in [0.29, 0.717) is 10.0 Å². The van der Waals surface area contributed by atoms with Crippen LogP contribution in [0.5, 0.6) is 0 Å². The lowest BCUT2D eigenvalue weighted by atomic mass is 10.4. The summed E-state index contributed by atoms with van der Waals surface area (Å²) in [7, 11) is 0. The second-order valence-electron chi connectivity index (χ2n) is 2.74. The summed E-state index contributed by atoms with van der Waals surface area (Å²) >= 11 is 13.2. The first-order valence-corrected chi connectivity index (χ1v) is 5.81. The molecule has 0 saturated carbocycles. The van der Waals surface area contributed by atoms with Crippen molar-refractivity contribution in [2.75, 3.05) is 0 Å². The predicted octanol–water partition coefficient (Wildman–Crippen LogP) is 5.34. The van der Waals surface area contributed by atoms with E-state index in [1.54, 1.807) is 12.1 Å². The third-order valence-electron chi connectivity index (χ3n) is 1.56. The lowest BCUT2D eigenvalue weighted by molar-refractivity contribution is 1.47. The third kappa shape index (κ3) is 4.17. The highest BCUT2D eigenvalue weighted by atomic mass is 35.5. The van der Waals surface area contributed by atoms with Gasteiger partial charge in [-0.2, -0.15) is 0 Å². The minimum atomic E-state index is 0.558. The van der Waals surface area contributed by atoms with Crippen LogP contribution in [0, 0.1) is 0 Å². The average molecular weight is 257 g/mol. The van der Waals surface area contributed by atoms with Crippen LogP contribution in [-0.4, -0.2) is 0 Å². The van der Waals surface area contributed by atoms with Gasteiger partial charge in [0.2, 0.25) is 0 Å². The van der Waals surface area contributed by atoms with Gasteiger partial charge in [-0.3, -0.25) is 0 Å². The van der Waals surface area contributed by atoms with Crippen molar-refractivity contribution >= 4 is 35.0 Å². The van der Waals surface area contributed by atoms with Gasteiger partial charge in [-0.15, -0.1) is 0 Å². The maximum Gasteiger partial charge on any atom is 0.0603 e. The second kappa shape index (κ2) is 6.06. The number of rotatable bonds is 4. The summed E-state index contributed by atoms with van der Waals surface area (Å²) in [5.41, 5.74) is 0. The molecule has 0 aliphatic heterocycles. The molecule has 0 heterocycles. The zero-order chi connectivity index (χ0) is 11.3. The molecular formula is C12H10Cl2S. The van der Waals surface area contributed by atoms with E-state index < -0.39 is 0 Å². The number of allylic oxidation sites excluding steroid dienone is 3. The van der Waals surface area contributed by atoms with Gasteiger partial charge in [0.1, 0.15) is 0 Å². The van der Waals surface area contributed by atoms with Crippen molar-refractivity contribution in [3.63, 3.8) is 0 Å². The van der Waals surface area contributed by atoms with Crippen molar-refractivity contribution in [2.24, 2.45) is 0 Å². The van der Waals surface area contributed by atoms with Gasteiger partial charge in [0.05, 0.1) is 10.0 Å². The summed E-state index contributed by atoms with van der Waals surface area (Å²) in [6.45, 7) is 7.48. The van der Waals surface area contributed by atoms with Crippen molar-refractivity contribution in [2.45, 2.75) is 4.90 Å². The highest BCUT2D eigenvalue weighted by Gasteiger charge is 2.00. The first-order chi connectivity index (χ1) is 7.13. The third-order valence-corrected chi connectivity index (χ3v) is 3.19. The van der Waals surface area contributed by atoms with E-state index in [1.807, 2.05) is 24.3 Å². The molecule has 0 saturated heterocycles. The molecule has 1 aromatic carbocycles. The van der Waals surface area contributed by atoms with E-state index in [4.69, 9.17) is 23.2 Å². The van der Waals surface area contributed by atoms with E-state index in [2.05, 4.69) is 13.2 Å². The molecule has 0 aliphatic carbocycles. The van der Waals surface area contributed by atoms with Crippen LogP contribution in [0.3, 0.4) is 0 Å². The maximum atomic E-state index is 5.89. The summed E-state index contributed by atoms with van der Waals surface area (Å²) < 4.78 is 0. The molecule has 0 aromatic heterocycles. The van der Waals surface area contributed by atoms with Crippen LogP contribution < -0.4 is 0 Å². The summed E-state index contributed by atoms with van der Waals surface area (Å²) in [4.78, 5) is 1.94. The minimum Gasteiger partial charge on any atom is -0.0991 e. The Kier molecular flexibility index (Phi) is 5.03. The Bertz CT molecular complexity index is 408. The van der Waals surface area contributed by atoms with Gasteiger partial charge in [-0.25, -0.2) is 0 Å². The number of hydrogen-bond donors (Lipinski definition) is 0. The fourth-order valence-electron chi connectivity index (χ4n) is 0.901. The van der Waals surface area contributed by atoms with Crippen molar-refractivity contribution in [3.8, 4) is 0 Å². The predicted molar refractivity (Wildman–Crippen MR) is 70.8 cm³/mol. The molecule has 0 atom stereocenters. The number of halogens is 2. The zero-order valence-corrected chi connectivity index (χ0v) is 10.4. The zero-order valence-electron chi connectivity index (χ0n) is 8.04. The standard InChI is InChI=1S/C12H10Cl2S/c1-3-4-5-9(2)15-10-6-7-11(13)12(14)8-10/h3-8H,1-2H2/b5-4-. The topological polar surface area (TPSA) is 0 Å². The Morgan fingerprint density at radius 3 is 2.60 bits per heavy atom. The van der Waals surface area contributed by atoms with Crippen molar-refractivity contribution < 1.29 is 0 Å². The molecule has 78 valence electrons. The van der Waals surface area contributed by atoms with Crippen LogP contribution in [0.2, 0.25) is 10.0 Å². The van der Waals surface area contributed by atoms with E-state index in [9.17, 15) is 0 Å². The molecule has 3 heteroatoms. The summed E-state index contributed by atoms with van der Waals surface area (Å²) in [6, 6.07) is 5.50. The molecule has 0 spiro atoms. The van der Waals surface area contributed by atoms with Crippen molar-refractivity contribution in [1.29, 1.82) is 0 Å². The molecule has 15 heavy (non-hydrogen) atoms. The van der Waals surface area contributed by atoms with Crippen LogP contribution in [0.1, 0.15) is 0 Å². The smallest absolute Gasteiger partial charge is 0.0603 e. The molecule has 0 fully saturated rings. The van der Waals surface area contributed by atoms with E-state index in [1.165, 1.54) is 11.8 Å². The number of hydrogen-bond acceptors (Lipinski definition) is 1. The summed E-state index contributed by atoms with van der Waals surface area (Å²) in [5.74, 6) is 0. The van der Waals surface area contributed by atoms with Crippen molar-refractivity contribution in [1.82, 2.24) is 0 Å².